The molecule has 0 saturated carbocycles. The van der Waals surface area contributed by atoms with Crippen molar-refractivity contribution in [3.05, 3.63) is 94.8 Å². The Morgan fingerprint density at radius 3 is 2.44 bits per heavy atom. The van der Waals surface area contributed by atoms with Crippen LogP contribution in [0, 0.1) is 17.5 Å². The van der Waals surface area contributed by atoms with Gasteiger partial charge in [-0.2, -0.15) is 0 Å². The number of nitrogens with one attached hydrogen (secondary N) is 1. The minimum absolute atomic E-state index is 0.0374. The molecule has 3 aromatic rings. The number of ether oxygens (including phenoxy) is 1. The monoisotopic (exact) mass is 440 g/mol. The van der Waals surface area contributed by atoms with Gasteiger partial charge < -0.3 is 15.0 Å². The second kappa shape index (κ2) is 8.74. The number of halogens is 3. The van der Waals surface area contributed by atoms with Gasteiger partial charge in [0.1, 0.15) is 28.8 Å². The number of anilines is 1. The van der Waals surface area contributed by atoms with Crippen LogP contribution in [0.4, 0.5) is 18.9 Å². The molecular formula is C24H19F3N2O3. The fourth-order valence-corrected chi connectivity index (χ4v) is 3.55. The van der Waals surface area contributed by atoms with Gasteiger partial charge in [-0.25, -0.2) is 13.2 Å². The van der Waals surface area contributed by atoms with Gasteiger partial charge in [0.2, 0.25) is 0 Å². The molecule has 8 heteroatoms. The van der Waals surface area contributed by atoms with E-state index in [1.807, 2.05) is 0 Å². The second-order valence-corrected chi connectivity index (χ2v) is 7.42. The topological polar surface area (TPSA) is 58.6 Å². The smallest absolute Gasteiger partial charge is 0.263 e. The van der Waals surface area contributed by atoms with Gasteiger partial charge >= 0.3 is 0 Å². The molecule has 0 radical (unpaired) electrons. The number of carbonyl (C=O) groups excluding carboxylic acids is 2. The Morgan fingerprint density at radius 1 is 1.03 bits per heavy atom. The van der Waals surface area contributed by atoms with E-state index in [1.165, 1.54) is 23.1 Å². The molecule has 1 aliphatic rings. The maximum atomic E-state index is 14.1. The van der Waals surface area contributed by atoms with Crippen molar-refractivity contribution in [1.29, 1.82) is 0 Å². The van der Waals surface area contributed by atoms with Crippen molar-refractivity contribution < 1.29 is 27.5 Å². The minimum Gasteiger partial charge on any atom is -0.481 e. The first-order chi connectivity index (χ1) is 15.3. The lowest BCUT2D eigenvalue weighted by molar-refractivity contribution is -0.138. The largest absolute Gasteiger partial charge is 0.481 e. The Hall–Kier alpha value is -3.81. The average molecular weight is 440 g/mol. The molecule has 0 aliphatic carbocycles. The number of hydrogen-bond acceptors (Lipinski definition) is 3. The van der Waals surface area contributed by atoms with Crippen LogP contribution in [0.2, 0.25) is 0 Å². The van der Waals surface area contributed by atoms with E-state index in [4.69, 9.17) is 4.74 Å². The summed E-state index contributed by atoms with van der Waals surface area (Å²) in [5.41, 5.74) is 0.498. The molecule has 0 spiro atoms. The fraction of sp³-hybridized carbons (Fsp3) is 0.167. The number of hydrogen-bond donors (Lipinski definition) is 1. The Kier molecular flexibility index (Phi) is 5.85. The highest BCUT2D eigenvalue weighted by Gasteiger charge is 2.29. The maximum Gasteiger partial charge on any atom is 0.263 e. The van der Waals surface area contributed by atoms with E-state index in [2.05, 4.69) is 5.32 Å². The second-order valence-electron chi connectivity index (χ2n) is 7.42. The van der Waals surface area contributed by atoms with E-state index in [1.54, 1.807) is 37.3 Å². The Bertz CT molecular complexity index is 1180. The number of fused-ring (bicyclic) bond motifs is 1. The van der Waals surface area contributed by atoms with E-state index < -0.39 is 35.0 Å². The molecule has 2 amide bonds. The van der Waals surface area contributed by atoms with Crippen LogP contribution in [0.3, 0.4) is 0 Å². The zero-order chi connectivity index (χ0) is 22.8. The van der Waals surface area contributed by atoms with E-state index in [9.17, 15) is 22.8 Å². The molecule has 1 aliphatic heterocycles. The first-order valence-electron chi connectivity index (χ1n) is 9.90. The molecule has 3 aromatic carbocycles. The summed E-state index contributed by atoms with van der Waals surface area (Å²) in [6, 6.07) is 14.0. The molecule has 0 fully saturated rings. The lowest BCUT2D eigenvalue weighted by Gasteiger charge is -2.22. The summed E-state index contributed by atoms with van der Waals surface area (Å²) in [6.07, 6.45) is -0.795. The molecule has 4 rings (SSSR count). The van der Waals surface area contributed by atoms with Crippen molar-refractivity contribution >= 4 is 17.5 Å². The van der Waals surface area contributed by atoms with Crippen LogP contribution < -0.4 is 10.1 Å². The third-order valence-corrected chi connectivity index (χ3v) is 5.15. The molecule has 0 unspecified atom stereocenters. The Morgan fingerprint density at radius 2 is 1.72 bits per heavy atom. The Labute approximate surface area is 182 Å². The van der Waals surface area contributed by atoms with Crippen LogP contribution in [0.25, 0.3) is 0 Å². The van der Waals surface area contributed by atoms with Crippen molar-refractivity contribution in [1.82, 2.24) is 4.90 Å². The molecule has 0 bridgehead atoms. The summed E-state index contributed by atoms with van der Waals surface area (Å²) in [5.74, 6) is -3.21. The maximum absolute atomic E-state index is 14.1. The van der Waals surface area contributed by atoms with Crippen LogP contribution in [0.15, 0.2) is 60.7 Å². The first-order valence-corrected chi connectivity index (χ1v) is 9.90. The molecule has 5 nitrogen and oxygen atoms in total. The van der Waals surface area contributed by atoms with Crippen LogP contribution in [-0.2, 0) is 17.9 Å². The van der Waals surface area contributed by atoms with Crippen molar-refractivity contribution in [3.63, 3.8) is 0 Å². The third kappa shape index (κ3) is 4.30. The van der Waals surface area contributed by atoms with Crippen molar-refractivity contribution in [3.8, 4) is 5.75 Å². The molecule has 0 aromatic heterocycles. The quantitative estimate of drug-likeness (QED) is 0.642. The Balaban J connectivity index is 1.60. The lowest BCUT2D eigenvalue weighted by Crippen LogP contribution is -2.37. The molecule has 1 atom stereocenters. The third-order valence-electron chi connectivity index (χ3n) is 5.15. The summed E-state index contributed by atoms with van der Waals surface area (Å²) in [7, 11) is 0. The van der Waals surface area contributed by atoms with E-state index in [0.717, 1.165) is 12.1 Å². The molecule has 1 N–H and O–H groups in total. The van der Waals surface area contributed by atoms with E-state index >= 15 is 0 Å². The van der Waals surface area contributed by atoms with Gasteiger partial charge in [-0.1, -0.05) is 24.3 Å². The van der Waals surface area contributed by atoms with Gasteiger partial charge in [0.05, 0.1) is 0 Å². The number of rotatable bonds is 4. The molecule has 0 saturated heterocycles. The fourth-order valence-electron chi connectivity index (χ4n) is 3.55. The lowest BCUT2D eigenvalue weighted by atomic mass is 10.1. The van der Waals surface area contributed by atoms with E-state index in [-0.39, 0.29) is 24.7 Å². The van der Waals surface area contributed by atoms with Crippen LogP contribution in [-0.4, -0.2) is 22.8 Å². The van der Waals surface area contributed by atoms with Crippen LogP contribution in [0.5, 0.6) is 5.75 Å². The molecule has 32 heavy (non-hydrogen) atoms. The van der Waals surface area contributed by atoms with Gasteiger partial charge in [0, 0.05) is 29.9 Å². The molecular weight excluding hydrogens is 421 g/mol. The highest BCUT2D eigenvalue weighted by molar-refractivity contribution is 6.04. The normalized spacial score (nSPS) is 15.6. The summed E-state index contributed by atoms with van der Waals surface area (Å²) in [4.78, 5) is 26.6. The van der Waals surface area contributed by atoms with Gasteiger partial charge in [-0.05, 0) is 43.3 Å². The number of amides is 2. The zero-order valence-electron chi connectivity index (χ0n) is 17.1. The van der Waals surface area contributed by atoms with Gasteiger partial charge in [0.15, 0.2) is 6.10 Å². The van der Waals surface area contributed by atoms with Gasteiger partial charge in [-0.15, -0.1) is 0 Å². The summed E-state index contributed by atoms with van der Waals surface area (Å²) in [6.45, 7) is 1.74. The number of nitrogens with zero attached hydrogens (tertiary/aromatic N) is 1. The number of carbonyl (C=O) groups is 2. The number of benzene rings is 3. The van der Waals surface area contributed by atoms with Crippen LogP contribution in [0.1, 0.15) is 28.4 Å². The van der Waals surface area contributed by atoms with Crippen molar-refractivity contribution in [2.45, 2.75) is 26.1 Å². The first kappa shape index (κ1) is 21.4. The highest BCUT2D eigenvalue weighted by Crippen LogP contribution is 2.30. The van der Waals surface area contributed by atoms with Crippen molar-refractivity contribution in [2.75, 3.05) is 5.32 Å². The summed E-state index contributed by atoms with van der Waals surface area (Å²) in [5, 5.41) is 2.47. The minimum atomic E-state index is -0.976. The summed E-state index contributed by atoms with van der Waals surface area (Å²) < 4.78 is 47.7. The van der Waals surface area contributed by atoms with Crippen molar-refractivity contribution in [2.24, 2.45) is 0 Å². The zero-order valence-corrected chi connectivity index (χ0v) is 17.1. The highest BCUT2D eigenvalue weighted by atomic mass is 19.1. The predicted octanol–water partition coefficient (Wildman–Crippen LogP) is 4.67. The van der Waals surface area contributed by atoms with Gasteiger partial charge in [-0.3, -0.25) is 9.59 Å². The molecule has 164 valence electrons. The molecule has 1 heterocycles. The average Bonchev–Trinajstić information content (AvgIpc) is 2.86. The van der Waals surface area contributed by atoms with E-state index in [0.29, 0.717) is 16.9 Å². The SMILES string of the molecule is C[C@H]1Oc2ccc(NC(=O)c3c(F)cccc3F)cc2CN(Cc2ccccc2F)C1=O. The summed E-state index contributed by atoms with van der Waals surface area (Å²) >= 11 is 0. The van der Waals surface area contributed by atoms with Crippen LogP contribution >= 0.6 is 0 Å². The van der Waals surface area contributed by atoms with Gasteiger partial charge in [0.25, 0.3) is 11.8 Å². The predicted molar refractivity (Wildman–Crippen MR) is 111 cm³/mol. The standard InChI is InChI=1S/C24H19F3N2O3/c1-14-24(31)29(12-15-5-2-3-6-18(15)25)13-16-11-17(9-10-21(16)32-14)28-23(30)22-19(26)7-4-8-20(22)27/h2-11,14H,12-13H2,1H3,(H,28,30)/t14-/m1/s1.